The summed E-state index contributed by atoms with van der Waals surface area (Å²) in [4.78, 5) is 10.7. The van der Waals surface area contributed by atoms with E-state index in [1.54, 1.807) is 16.8 Å². The molecule has 0 fully saturated rings. The molecule has 0 aromatic carbocycles. The largest absolute Gasteiger partial charge is 0.397 e. The van der Waals surface area contributed by atoms with E-state index in [2.05, 4.69) is 0 Å². The number of primary amides is 1. The molecule has 0 spiro atoms. The van der Waals surface area contributed by atoms with Gasteiger partial charge in [0.2, 0.25) is 0 Å². The van der Waals surface area contributed by atoms with Crippen molar-refractivity contribution in [2.24, 2.45) is 5.73 Å². The Morgan fingerprint density at radius 1 is 1.73 bits per heavy atom. The fraction of sp³-hybridized carbons (Fsp3) is 0.286. The molecule has 1 rings (SSSR count). The summed E-state index contributed by atoms with van der Waals surface area (Å²) in [6.45, 7) is 2.63. The minimum absolute atomic E-state index is 0.441. The average Bonchev–Trinajstić information content (AvgIpc) is 2.30. The van der Waals surface area contributed by atoms with Crippen molar-refractivity contribution >= 4 is 11.6 Å². The molecule has 60 valence electrons. The third kappa shape index (κ3) is 1.34. The molecular formula is C7H11N3O. The van der Waals surface area contributed by atoms with Crippen LogP contribution in [0.4, 0.5) is 5.69 Å². The van der Waals surface area contributed by atoms with E-state index in [4.69, 9.17) is 11.5 Å². The molecule has 0 saturated carbocycles. The summed E-state index contributed by atoms with van der Waals surface area (Å²) in [7, 11) is 0. The van der Waals surface area contributed by atoms with Crippen LogP contribution in [0.3, 0.4) is 0 Å². The highest BCUT2D eigenvalue weighted by molar-refractivity contribution is 5.92. The molecule has 4 nitrogen and oxygen atoms in total. The molecule has 0 radical (unpaired) electrons. The number of rotatable bonds is 2. The lowest BCUT2D eigenvalue weighted by molar-refractivity contribution is 0.0991. The van der Waals surface area contributed by atoms with Crippen molar-refractivity contribution in [3.8, 4) is 0 Å². The summed E-state index contributed by atoms with van der Waals surface area (Å²) in [5.41, 5.74) is 11.6. The minimum atomic E-state index is -0.441. The van der Waals surface area contributed by atoms with Gasteiger partial charge in [-0.15, -0.1) is 0 Å². The van der Waals surface area contributed by atoms with Crippen LogP contribution in [-0.4, -0.2) is 10.5 Å². The van der Waals surface area contributed by atoms with Crippen LogP contribution in [0.1, 0.15) is 17.4 Å². The normalized spacial score (nSPS) is 9.91. The lowest BCUT2D eigenvalue weighted by Crippen LogP contribution is -2.15. The van der Waals surface area contributed by atoms with E-state index in [-0.39, 0.29) is 0 Å². The Kier molecular flexibility index (Phi) is 1.85. The molecule has 1 aromatic heterocycles. The monoisotopic (exact) mass is 153 g/mol. The van der Waals surface area contributed by atoms with Crippen LogP contribution in [0, 0.1) is 0 Å². The van der Waals surface area contributed by atoms with Crippen molar-refractivity contribution in [3.05, 3.63) is 18.0 Å². The fourth-order valence-corrected chi connectivity index (χ4v) is 1.00. The molecule has 4 N–H and O–H groups in total. The van der Waals surface area contributed by atoms with Crippen molar-refractivity contribution in [2.75, 3.05) is 5.73 Å². The van der Waals surface area contributed by atoms with Crippen molar-refractivity contribution in [1.82, 2.24) is 4.57 Å². The number of anilines is 1. The maximum atomic E-state index is 10.7. The molecule has 0 atom stereocenters. The molecule has 1 aromatic rings. The smallest absolute Gasteiger partial charge is 0.265 e. The van der Waals surface area contributed by atoms with E-state index in [9.17, 15) is 4.79 Å². The highest BCUT2D eigenvalue weighted by atomic mass is 16.1. The Morgan fingerprint density at radius 3 is 2.73 bits per heavy atom. The van der Waals surface area contributed by atoms with Gasteiger partial charge in [-0.1, -0.05) is 0 Å². The van der Waals surface area contributed by atoms with Gasteiger partial charge in [-0.2, -0.15) is 0 Å². The van der Waals surface area contributed by atoms with Crippen molar-refractivity contribution < 1.29 is 4.79 Å². The first kappa shape index (κ1) is 7.65. The van der Waals surface area contributed by atoms with Gasteiger partial charge in [-0.05, 0) is 13.0 Å². The lowest BCUT2D eigenvalue weighted by Gasteiger charge is -1.99. The van der Waals surface area contributed by atoms with Crippen molar-refractivity contribution in [1.29, 1.82) is 0 Å². The minimum Gasteiger partial charge on any atom is -0.397 e. The van der Waals surface area contributed by atoms with Crippen LogP contribution in [0.25, 0.3) is 0 Å². The van der Waals surface area contributed by atoms with Crippen LogP contribution in [0.5, 0.6) is 0 Å². The number of nitrogens with two attached hydrogens (primary N) is 2. The molecule has 4 heteroatoms. The second kappa shape index (κ2) is 2.65. The van der Waals surface area contributed by atoms with E-state index in [1.807, 2.05) is 6.92 Å². The zero-order chi connectivity index (χ0) is 8.43. The number of amides is 1. The molecule has 0 bridgehead atoms. The SMILES string of the molecule is CCn1cc(N)cc1C(N)=O. The molecule has 1 heterocycles. The van der Waals surface area contributed by atoms with Gasteiger partial charge in [-0.25, -0.2) is 0 Å². The Hall–Kier alpha value is -1.45. The molecule has 11 heavy (non-hydrogen) atoms. The first-order chi connectivity index (χ1) is 5.15. The highest BCUT2D eigenvalue weighted by Crippen LogP contribution is 2.08. The average molecular weight is 153 g/mol. The quantitative estimate of drug-likeness (QED) is 0.636. The van der Waals surface area contributed by atoms with E-state index in [1.165, 1.54) is 0 Å². The summed E-state index contributed by atoms with van der Waals surface area (Å²) in [6, 6.07) is 1.58. The fourth-order valence-electron chi connectivity index (χ4n) is 1.00. The third-order valence-corrected chi connectivity index (χ3v) is 1.51. The summed E-state index contributed by atoms with van der Waals surface area (Å²) in [5, 5.41) is 0. The number of aryl methyl sites for hydroxylation is 1. The van der Waals surface area contributed by atoms with Gasteiger partial charge >= 0.3 is 0 Å². The molecule has 1 amide bonds. The zero-order valence-corrected chi connectivity index (χ0v) is 6.37. The van der Waals surface area contributed by atoms with Crippen LogP contribution in [0.15, 0.2) is 12.3 Å². The molecule has 0 unspecified atom stereocenters. The van der Waals surface area contributed by atoms with Crippen LogP contribution in [0.2, 0.25) is 0 Å². The van der Waals surface area contributed by atoms with Crippen molar-refractivity contribution in [2.45, 2.75) is 13.5 Å². The lowest BCUT2D eigenvalue weighted by atomic mass is 10.4. The Bertz CT molecular complexity index is 277. The number of nitrogens with zero attached hydrogens (tertiary/aromatic N) is 1. The predicted octanol–water partition coefficient (Wildman–Crippen LogP) is 0.189. The topological polar surface area (TPSA) is 74.0 Å². The number of hydrogen-bond acceptors (Lipinski definition) is 2. The third-order valence-electron chi connectivity index (χ3n) is 1.51. The van der Waals surface area contributed by atoms with Crippen LogP contribution < -0.4 is 11.5 Å². The number of carbonyl (C=O) groups excluding carboxylic acids is 1. The number of aromatic nitrogens is 1. The van der Waals surface area contributed by atoms with Gasteiger partial charge in [0, 0.05) is 12.7 Å². The van der Waals surface area contributed by atoms with E-state index in [0.717, 1.165) is 0 Å². The second-order valence-electron chi connectivity index (χ2n) is 2.31. The number of nitrogen functional groups attached to an aromatic ring is 1. The second-order valence-corrected chi connectivity index (χ2v) is 2.31. The van der Waals surface area contributed by atoms with E-state index in [0.29, 0.717) is 17.9 Å². The van der Waals surface area contributed by atoms with Gasteiger partial charge in [-0.3, -0.25) is 4.79 Å². The molecular weight excluding hydrogens is 142 g/mol. The van der Waals surface area contributed by atoms with Crippen molar-refractivity contribution in [3.63, 3.8) is 0 Å². The standard InChI is InChI=1S/C7H11N3O/c1-2-10-4-5(8)3-6(10)7(9)11/h3-4H,2,8H2,1H3,(H2,9,11). The van der Waals surface area contributed by atoms with Gasteiger partial charge in [0.05, 0.1) is 5.69 Å². The summed E-state index contributed by atoms with van der Waals surface area (Å²) >= 11 is 0. The first-order valence-corrected chi connectivity index (χ1v) is 3.40. The van der Waals surface area contributed by atoms with Gasteiger partial charge in [0.15, 0.2) is 0 Å². The van der Waals surface area contributed by atoms with Gasteiger partial charge in [0.1, 0.15) is 5.69 Å². The highest BCUT2D eigenvalue weighted by Gasteiger charge is 2.06. The molecule has 0 aliphatic carbocycles. The molecule has 0 saturated heterocycles. The molecule has 0 aliphatic heterocycles. The van der Waals surface area contributed by atoms with Crippen LogP contribution in [-0.2, 0) is 6.54 Å². The van der Waals surface area contributed by atoms with E-state index >= 15 is 0 Å². The van der Waals surface area contributed by atoms with Gasteiger partial charge in [0.25, 0.3) is 5.91 Å². The summed E-state index contributed by atoms with van der Waals surface area (Å²) in [6.07, 6.45) is 1.69. The predicted molar refractivity (Wildman–Crippen MR) is 43.0 cm³/mol. The first-order valence-electron chi connectivity index (χ1n) is 3.40. The number of carbonyl (C=O) groups is 1. The summed E-state index contributed by atoms with van der Waals surface area (Å²) in [5.74, 6) is -0.441. The Labute approximate surface area is 64.8 Å². The molecule has 0 aliphatic rings. The summed E-state index contributed by atoms with van der Waals surface area (Å²) < 4.78 is 1.72. The maximum absolute atomic E-state index is 10.7. The Morgan fingerprint density at radius 2 is 2.36 bits per heavy atom. The maximum Gasteiger partial charge on any atom is 0.265 e. The Balaban J connectivity index is 3.12. The van der Waals surface area contributed by atoms with Gasteiger partial charge < -0.3 is 16.0 Å². The van der Waals surface area contributed by atoms with E-state index < -0.39 is 5.91 Å². The van der Waals surface area contributed by atoms with Crippen LogP contribution >= 0.6 is 0 Å². The zero-order valence-electron chi connectivity index (χ0n) is 6.37. The number of hydrogen-bond donors (Lipinski definition) is 2.